The highest BCUT2D eigenvalue weighted by molar-refractivity contribution is 7.10. The number of nitrogens with one attached hydrogen (secondary N) is 1. The summed E-state index contributed by atoms with van der Waals surface area (Å²) in [6.45, 7) is 2.67. The van der Waals surface area contributed by atoms with Crippen molar-refractivity contribution in [3.63, 3.8) is 0 Å². The van der Waals surface area contributed by atoms with E-state index in [1.54, 1.807) is 0 Å². The van der Waals surface area contributed by atoms with Gasteiger partial charge in [-0.15, -0.1) is 11.3 Å². The Bertz CT molecular complexity index is 818. The van der Waals surface area contributed by atoms with Gasteiger partial charge in [0.25, 0.3) is 0 Å². The molecule has 0 bridgehead atoms. The molecule has 3 rings (SSSR count). The highest BCUT2D eigenvalue weighted by Gasteiger charge is 2.11. The molecule has 1 aromatic heterocycles. The number of aliphatic hydroxyl groups is 1. The second-order valence-electron chi connectivity index (χ2n) is 6.67. The summed E-state index contributed by atoms with van der Waals surface area (Å²) >= 11 is 7.80. The molecule has 0 radical (unpaired) electrons. The van der Waals surface area contributed by atoms with Gasteiger partial charge in [-0.2, -0.15) is 0 Å². The van der Waals surface area contributed by atoms with Gasteiger partial charge in [0.15, 0.2) is 0 Å². The Morgan fingerprint density at radius 1 is 1.04 bits per heavy atom. The van der Waals surface area contributed by atoms with Crippen LogP contribution in [-0.4, -0.2) is 17.7 Å². The van der Waals surface area contributed by atoms with Gasteiger partial charge in [0.2, 0.25) is 0 Å². The zero-order valence-electron chi connectivity index (χ0n) is 14.9. The normalized spacial score (nSPS) is 13.5. The Labute approximate surface area is 164 Å². The minimum atomic E-state index is -0.548. The molecule has 0 aliphatic heterocycles. The molecular weight excluding hydrogens is 362 g/mol. The van der Waals surface area contributed by atoms with E-state index in [-0.39, 0.29) is 0 Å². The summed E-state index contributed by atoms with van der Waals surface area (Å²) in [7, 11) is 0. The molecule has 0 fully saturated rings. The van der Waals surface area contributed by atoms with Crippen molar-refractivity contribution in [2.75, 3.05) is 6.54 Å². The van der Waals surface area contributed by atoms with E-state index in [0.29, 0.717) is 17.6 Å². The number of rotatable bonds is 8. The summed E-state index contributed by atoms with van der Waals surface area (Å²) in [6.07, 6.45) is 1.39. The first-order valence-corrected chi connectivity index (χ1v) is 10.1. The van der Waals surface area contributed by atoms with Crippen molar-refractivity contribution in [2.45, 2.75) is 31.9 Å². The predicted molar refractivity (Wildman–Crippen MR) is 111 cm³/mol. The minimum Gasteiger partial charge on any atom is -0.387 e. The molecule has 0 amide bonds. The molecule has 0 aliphatic carbocycles. The first-order valence-electron chi connectivity index (χ1n) is 8.87. The van der Waals surface area contributed by atoms with Crippen LogP contribution < -0.4 is 5.32 Å². The van der Waals surface area contributed by atoms with Gasteiger partial charge in [-0.1, -0.05) is 54.1 Å². The topological polar surface area (TPSA) is 32.3 Å². The summed E-state index contributed by atoms with van der Waals surface area (Å²) in [6, 6.07) is 20.5. The molecule has 0 saturated carbocycles. The molecule has 2 N–H and O–H groups in total. The monoisotopic (exact) mass is 385 g/mol. The van der Waals surface area contributed by atoms with Crippen LogP contribution in [0.2, 0.25) is 5.02 Å². The van der Waals surface area contributed by atoms with E-state index >= 15 is 0 Å². The Morgan fingerprint density at radius 3 is 2.62 bits per heavy atom. The fourth-order valence-electron chi connectivity index (χ4n) is 2.98. The predicted octanol–water partition coefficient (Wildman–Crippen LogP) is 5.25. The fraction of sp³-hybridized carbons (Fsp3) is 0.273. The molecular formula is C22H24ClNOS. The standard InChI is InChI=1S/C22H24ClNOS/c1-16(24-14-22(25)19-8-5-9-20(23)13-19)10-21-12-18(15-26-21)11-17-6-3-2-4-7-17/h2-9,12-13,15-16,22,24-25H,10-11,14H2,1H3/t16?,22-/m0/s1. The van der Waals surface area contributed by atoms with Gasteiger partial charge >= 0.3 is 0 Å². The van der Waals surface area contributed by atoms with Crippen LogP contribution in [0, 0.1) is 0 Å². The fourth-order valence-corrected chi connectivity index (χ4v) is 4.19. The van der Waals surface area contributed by atoms with E-state index in [1.807, 2.05) is 41.7 Å². The van der Waals surface area contributed by atoms with E-state index in [2.05, 4.69) is 48.0 Å². The summed E-state index contributed by atoms with van der Waals surface area (Å²) in [5.41, 5.74) is 3.55. The molecule has 0 aliphatic rings. The number of hydrogen-bond acceptors (Lipinski definition) is 3. The van der Waals surface area contributed by atoms with Crippen LogP contribution in [0.5, 0.6) is 0 Å². The summed E-state index contributed by atoms with van der Waals surface area (Å²) < 4.78 is 0. The highest BCUT2D eigenvalue weighted by Crippen LogP contribution is 2.20. The SMILES string of the molecule is CC(Cc1cc(Cc2ccccc2)cs1)NC[C@H](O)c1cccc(Cl)c1. The molecule has 4 heteroatoms. The second kappa shape index (κ2) is 9.33. The lowest BCUT2D eigenvalue weighted by Crippen LogP contribution is -2.31. The number of thiophene rings is 1. The zero-order valence-corrected chi connectivity index (χ0v) is 16.4. The van der Waals surface area contributed by atoms with Gasteiger partial charge in [0, 0.05) is 22.5 Å². The average Bonchev–Trinajstić information content (AvgIpc) is 3.07. The van der Waals surface area contributed by atoms with Crippen LogP contribution in [0.4, 0.5) is 0 Å². The zero-order chi connectivity index (χ0) is 18.4. The lowest BCUT2D eigenvalue weighted by atomic mass is 10.1. The minimum absolute atomic E-state index is 0.298. The Balaban J connectivity index is 1.48. The van der Waals surface area contributed by atoms with Gasteiger partial charge in [0.05, 0.1) is 6.10 Å². The van der Waals surface area contributed by atoms with Gasteiger partial charge < -0.3 is 10.4 Å². The third-order valence-electron chi connectivity index (χ3n) is 4.36. The van der Waals surface area contributed by atoms with Gasteiger partial charge in [0.1, 0.15) is 0 Å². The van der Waals surface area contributed by atoms with Crippen molar-refractivity contribution in [1.82, 2.24) is 5.32 Å². The van der Waals surface area contributed by atoms with E-state index < -0.39 is 6.10 Å². The third kappa shape index (κ3) is 5.68. The summed E-state index contributed by atoms with van der Waals surface area (Å²) in [5, 5.41) is 16.6. The van der Waals surface area contributed by atoms with Crippen molar-refractivity contribution in [2.24, 2.45) is 0 Å². The number of aliphatic hydroxyl groups excluding tert-OH is 1. The lowest BCUT2D eigenvalue weighted by Gasteiger charge is -2.17. The summed E-state index contributed by atoms with van der Waals surface area (Å²) in [5.74, 6) is 0. The third-order valence-corrected chi connectivity index (χ3v) is 5.60. The van der Waals surface area contributed by atoms with E-state index in [1.165, 1.54) is 16.0 Å². The molecule has 26 heavy (non-hydrogen) atoms. The number of halogens is 1. The molecule has 1 heterocycles. The average molecular weight is 386 g/mol. The van der Waals surface area contributed by atoms with Crippen LogP contribution in [0.15, 0.2) is 66.0 Å². The van der Waals surface area contributed by atoms with Crippen LogP contribution >= 0.6 is 22.9 Å². The van der Waals surface area contributed by atoms with E-state index in [4.69, 9.17) is 11.6 Å². The van der Waals surface area contributed by atoms with Crippen molar-refractivity contribution >= 4 is 22.9 Å². The van der Waals surface area contributed by atoms with Crippen molar-refractivity contribution < 1.29 is 5.11 Å². The molecule has 0 spiro atoms. The van der Waals surface area contributed by atoms with Crippen molar-refractivity contribution in [3.05, 3.63) is 92.6 Å². The molecule has 2 aromatic carbocycles. The van der Waals surface area contributed by atoms with Crippen LogP contribution in [0.3, 0.4) is 0 Å². The molecule has 136 valence electrons. The van der Waals surface area contributed by atoms with Crippen LogP contribution in [-0.2, 0) is 12.8 Å². The Kier molecular flexibility index (Phi) is 6.86. The molecule has 2 atom stereocenters. The van der Waals surface area contributed by atoms with Crippen LogP contribution in [0.25, 0.3) is 0 Å². The Hall–Kier alpha value is -1.65. The van der Waals surface area contributed by atoms with Crippen molar-refractivity contribution in [3.8, 4) is 0 Å². The second-order valence-corrected chi connectivity index (χ2v) is 8.10. The smallest absolute Gasteiger partial charge is 0.0914 e. The number of hydrogen-bond donors (Lipinski definition) is 2. The highest BCUT2D eigenvalue weighted by atomic mass is 35.5. The maximum atomic E-state index is 10.3. The first-order chi connectivity index (χ1) is 12.6. The molecule has 2 nitrogen and oxygen atoms in total. The maximum Gasteiger partial charge on any atom is 0.0914 e. The van der Waals surface area contributed by atoms with E-state index in [9.17, 15) is 5.11 Å². The van der Waals surface area contributed by atoms with Crippen LogP contribution in [0.1, 0.15) is 34.6 Å². The van der Waals surface area contributed by atoms with Crippen molar-refractivity contribution in [1.29, 1.82) is 0 Å². The number of benzene rings is 2. The maximum absolute atomic E-state index is 10.3. The first kappa shape index (κ1) is 19.1. The van der Waals surface area contributed by atoms with Gasteiger partial charge in [-0.05, 0) is 60.0 Å². The largest absolute Gasteiger partial charge is 0.387 e. The molecule has 3 aromatic rings. The molecule has 0 saturated heterocycles. The Morgan fingerprint density at radius 2 is 1.85 bits per heavy atom. The summed E-state index contributed by atoms with van der Waals surface area (Å²) in [4.78, 5) is 1.37. The lowest BCUT2D eigenvalue weighted by molar-refractivity contribution is 0.170. The molecule has 1 unspecified atom stereocenters. The van der Waals surface area contributed by atoms with E-state index in [0.717, 1.165) is 18.4 Å². The van der Waals surface area contributed by atoms with Gasteiger partial charge in [-0.3, -0.25) is 0 Å². The quantitative estimate of drug-likeness (QED) is 0.555. The van der Waals surface area contributed by atoms with Gasteiger partial charge in [-0.25, -0.2) is 0 Å².